The number of hydrogen-bond acceptors (Lipinski definition) is 2. The first-order chi connectivity index (χ1) is 26.3. The average molecular weight is 715 g/mol. The Morgan fingerprint density at radius 1 is 0.611 bits per heavy atom. The highest BCUT2D eigenvalue weighted by atomic mass is 32.1. The molecule has 2 aliphatic heterocycles. The van der Waals surface area contributed by atoms with E-state index in [1.807, 2.05) is 11.3 Å². The van der Waals surface area contributed by atoms with Gasteiger partial charge in [0.2, 0.25) is 0 Å². The standard InChI is InChI=1S/C51H42N2S/c1-5-23-51(4)44-21-19-34(25-42(44)47-26-32-13-9-10-14-35(32)30-52(47)51)49-27-36(31-54-49)33-20-22-46-40(24-33)41-28-39-38-17-11-12-18-43(38)50(2,3)45(39)29-48(41)53(46)37-15-7-6-8-16-37/h6-22,24-29,31H,5,23,30H2,1-4H3. The topological polar surface area (TPSA) is 8.17 Å². The third-order valence-electron chi connectivity index (χ3n) is 12.9. The van der Waals surface area contributed by atoms with E-state index >= 15 is 0 Å². The monoisotopic (exact) mass is 714 g/mol. The molecule has 1 atom stereocenters. The molecule has 8 aromatic rings. The Labute approximate surface area is 321 Å². The van der Waals surface area contributed by atoms with Crippen LogP contribution in [0, 0.1) is 0 Å². The normalized spacial score (nSPS) is 17.6. The molecule has 3 heteroatoms. The van der Waals surface area contributed by atoms with Crippen LogP contribution < -0.4 is 0 Å². The number of nitrogens with zero attached hydrogens (tertiary/aromatic N) is 2. The van der Waals surface area contributed by atoms with Crippen LogP contribution in [0.2, 0.25) is 0 Å². The summed E-state index contributed by atoms with van der Waals surface area (Å²) < 4.78 is 2.46. The Hall–Kier alpha value is -5.64. The van der Waals surface area contributed by atoms with Gasteiger partial charge in [-0.25, -0.2) is 0 Å². The average Bonchev–Trinajstić information content (AvgIpc) is 3.93. The maximum Gasteiger partial charge on any atom is 0.0636 e. The quantitative estimate of drug-likeness (QED) is 0.172. The first-order valence-corrected chi connectivity index (χ1v) is 20.3. The molecule has 54 heavy (non-hydrogen) atoms. The molecule has 0 saturated heterocycles. The molecule has 1 unspecified atom stereocenters. The van der Waals surface area contributed by atoms with Crippen molar-refractivity contribution < 1.29 is 0 Å². The summed E-state index contributed by atoms with van der Waals surface area (Å²) in [5.41, 5.74) is 20.0. The molecule has 0 fully saturated rings. The number of para-hydroxylation sites is 1. The number of benzene rings is 6. The summed E-state index contributed by atoms with van der Waals surface area (Å²) >= 11 is 1.85. The van der Waals surface area contributed by atoms with Crippen LogP contribution in [0.15, 0.2) is 139 Å². The largest absolute Gasteiger partial charge is 0.357 e. The molecule has 0 spiro atoms. The zero-order valence-corrected chi connectivity index (χ0v) is 32.1. The van der Waals surface area contributed by atoms with Gasteiger partial charge in [-0.3, -0.25) is 0 Å². The van der Waals surface area contributed by atoms with E-state index in [9.17, 15) is 0 Å². The van der Waals surface area contributed by atoms with Gasteiger partial charge in [0.15, 0.2) is 0 Å². The fourth-order valence-electron chi connectivity index (χ4n) is 10.1. The third kappa shape index (κ3) is 4.39. The number of thiophene rings is 1. The van der Waals surface area contributed by atoms with Crippen LogP contribution in [-0.4, -0.2) is 9.47 Å². The van der Waals surface area contributed by atoms with Gasteiger partial charge in [0.1, 0.15) is 0 Å². The van der Waals surface area contributed by atoms with Crippen LogP contribution in [-0.2, 0) is 17.5 Å². The Balaban J connectivity index is 1.04. The molecule has 3 aliphatic rings. The van der Waals surface area contributed by atoms with Crippen LogP contribution in [0.3, 0.4) is 0 Å². The van der Waals surface area contributed by atoms with Crippen molar-refractivity contribution in [3.8, 4) is 38.4 Å². The Morgan fingerprint density at radius 2 is 1.39 bits per heavy atom. The van der Waals surface area contributed by atoms with Crippen LogP contribution in [0.1, 0.15) is 73.9 Å². The van der Waals surface area contributed by atoms with Crippen molar-refractivity contribution in [3.63, 3.8) is 0 Å². The fraction of sp³-hybridized carbons (Fsp3) is 0.176. The lowest BCUT2D eigenvalue weighted by molar-refractivity contribution is 0.172. The molecule has 11 rings (SSSR count). The van der Waals surface area contributed by atoms with Gasteiger partial charge in [-0.15, -0.1) is 11.3 Å². The summed E-state index contributed by atoms with van der Waals surface area (Å²) in [4.78, 5) is 3.98. The molecule has 0 bridgehead atoms. The molecule has 262 valence electrons. The smallest absolute Gasteiger partial charge is 0.0636 e. The highest BCUT2D eigenvalue weighted by molar-refractivity contribution is 7.14. The number of hydrogen-bond donors (Lipinski definition) is 0. The summed E-state index contributed by atoms with van der Waals surface area (Å²) in [6.45, 7) is 10.5. The van der Waals surface area contributed by atoms with Gasteiger partial charge in [-0.05, 0) is 129 Å². The number of aromatic nitrogens is 1. The lowest BCUT2D eigenvalue weighted by atomic mass is 9.82. The number of rotatable bonds is 5. The molecule has 2 nitrogen and oxygen atoms in total. The van der Waals surface area contributed by atoms with Gasteiger partial charge in [0.25, 0.3) is 0 Å². The predicted molar refractivity (Wildman–Crippen MR) is 229 cm³/mol. The summed E-state index contributed by atoms with van der Waals surface area (Å²) in [5.74, 6) is 0. The second-order valence-electron chi connectivity index (χ2n) is 16.3. The maximum absolute atomic E-state index is 2.67. The number of fused-ring (bicyclic) bond motifs is 10. The first-order valence-electron chi connectivity index (χ1n) is 19.4. The second-order valence-corrected chi connectivity index (χ2v) is 17.2. The van der Waals surface area contributed by atoms with Crippen molar-refractivity contribution in [1.29, 1.82) is 0 Å². The van der Waals surface area contributed by atoms with E-state index in [1.165, 1.54) is 99.3 Å². The van der Waals surface area contributed by atoms with Gasteiger partial charge in [0, 0.05) is 44.6 Å². The Kier molecular flexibility index (Phi) is 6.74. The Bertz CT molecular complexity index is 2870. The molecule has 1 aliphatic carbocycles. The lowest BCUT2D eigenvalue weighted by Gasteiger charge is -2.40. The summed E-state index contributed by atoms with van der Waals surface area (Å²) in [6, 6.07) is 50.4. The maximum atomic E-state index is 2.67. The predicted octanol–water partition coefficient (Wildman–Crippen LogP) is 13.8. The summed E-state index contributed by atoms with van der Waals surface area (Å²) in [7, 11) is 0. The fourth-order valence-corrected chi connectivity index (χ4v) is 11.0. The van der Waals surface area contributed by atoms with Crippen LogP contribution in [0.25, 0.3) is 72.0 Å². The van der Waals surface area contributed by atoms with E-state index in [4.69, 9.17) is 0 Å². The zero-order chi connectivity index (χ0) is 36.3. The summed E-state index contributed by atoms with van der Waals surface area (Å²) in [5, 5.41) is 4.94. The molecular weight excluding hydrogens is 673 g/mol. The Morgan fingerprint density at radius 3 is 2.26 bits per heavy atom. The van der Waals surface area contributed by atoms with E-state index in [0.29, 0.717) is 0 Å². The molecule has 0 saturated carbocycles. The van der Waals surface area contributed by atoms with Crippen LogP contribution in [0.4, 0.5) is 0 Å². The van der Waals surface area contributed by atoms with Gasteiger partial charge >= 0.3 is 0 Å². The van der Waals surface area contributed by atoms with Crippen molar-refractivity contribution >= 4 is 44.9 Å². The highest BCUT2D eigenvalue weighted by Gasteiger charge is 2.44. The van der Waals surface area contributed by atoms with E-state index in [-0.39, 0.29) is 11.0 Å². The summed E-state index contributed by atoms with van der Waals surface area (Å²) in [6.07, 6.45) is 4.72. The molecule has 4 heterocycles. The SMILES string of the molecule is CCCC1(C)c2ccc(-c3cc(-c4ccc5c(c4)c4cc6c(cc4n5-c4ccccc4)C(C)(C)c4ccccc4-6)cs3)cc2C2=Cc3ccccc3CN21. The van der Waals surface area contributed by atoms with Crippen molar-refractivity contribution in [1.82, 2.24) is 9.47 Å². The van der Waals surface area contributed by atoms with Crippen molar-refractivity contribution in [3.05, 3.63) is 172 Å². The van der Waals surface area contributed by atoms with Gasteiger partial charge in [-0.1, -0.05) is 112 Å². The minimum atomic E-state index is -0.0567. The lowest BCUT2D eigenvalue weighted by Crippen LogP contribution is -2.38. The third-order valence-corrected chi connectivity index (χ3v) is 13.9. The molecule has 0 amide bonds. The van der Waals surface area contributed by atoms with Crippen LogP contribution >= 0.6 is 11.3 Å². The second kappa shape index (κ2) is 11.4. The van der Waals surface area contributed by atoms with E-state index in [2.05, 4.69) is 182 Å². The van der Waals surface area contributed by atoms with Gasteiger partial charge in [-0.2, -0.15) is 0 Å². The van der Waals surface area contributed by atoms with Crippen LogP contribution in [0.5, 0.6) is 0 Å². The zero-order valence-electron chi connectivity index (χ0n) is 31.3. The van der Waals surface area contributed by atoms with Crippen molar-refractivity contribution in [2.24, 2.45) is 0 Å². The highest BCUT2D eigenvalue weighted by Crippen LogP contribution is 2.54. The van der Waals surface area contributed by atoms with Crippen molar-refractivity contribution in [2.75, 3.05) is 0 Å². The van der Waals surface area contributed by atoms with E-state index in [0.717, 1.165) is 19.4 Å². The van der Waals surface area contributed by atoms with Gasteiger partial charge < -0.3 is 9.47 Å². The minimum absolute atomic E-state index is 0.00508. The molecule has 2 aromatic heterocycles. The minimum Gasteiger partial charge on any atom is -0.357 e. The molecular formula is C51H42N2S. The molecule has 6 aromatic carbocycles. The van der Waals surface area contributed by atoms with E-state index in [1.54, 1.807) is 0 Å². The first kappa shape index (κ1) is 31.8. The van der Waals surface area contributed by atoms with Gasteiger partial charge in [0.05, 0.1) is 16.6 Å². The van der Waals surface area contributed by atoms with E-state index < -0.39 is 0 Å². The molecule has 0 radical (unpaired) electrons. The molecule has 0 N–H and O–H groups in total. The van der Waals surface area contributed by atoms with Crippen molar-refractivity contribution in [2.45, 2.75) is 58.0 Å².